The third kappa shape index (κ3) is 21.2. The predicted octanol–water partition coefficient (Wildman–Crippen LogP) is 10.4. The smallest absolute Gasteiger partial charge is 0.176 e. The summed E-state index contributed by atoms with van der Waals surface area (Å²) in [4.78, 5) is -0.718. The van der Waals surface area contributed by atoms with Crippen molar-refractivity contribution in [3.8, 4) is 0 Å². The molecule has 0 saturated heterocycles. The molecule has 0 aromatic heterocycles. The summed E-state index contributed by atoms with van der Waals surface area (Å²) < 4.78 is 12.5. The molecule has 236 valence electrons. The van der Waals surface area contributed by atoms with E-state index < -0.39 is 11.4 Å². The third-order valence-corrected chi connectivity index (χ3v) is 7.45. The zero-order valence-corrected chi connectivity index (χ0v) is 30.3. The van der Waals surface area contributed by atoms with E-state index >= 15 is 0 Å². The standard InChI is InChI=1S/C30H62N6O2S2/c1-23(2)21-29(15,35-31-25(5,6)7)37-17-19-39-27(11,12)33-34-28(13,14)40-20-18-38-30(16,22-24(3)4)36-32-26(8,9)10/h23-24H,17-22H2,1-16H3/b34-33+,35-31?,36-32?. The van der Waals surface area contributed by atoms with Gasteiger partial charge in [0, 0.05) is 24.3 Å². The van der Waals surface area contributed by atoms with Crippen molar-refractivity contribution >= 4 is 23.5 Å². The van der Waals surface area contributed by atoms with Crippen molar-refractivity contribution in [2.45, 2.75) is 156 Å². The fourth-order valence-corrected chi connectivity index (χ4v) is 5.22. The fraction of sp³-hybridized carbons (Fsp3) is 1.00. The van der Waals surface area contributed by atoms with Crippen molar-refractivity contribution in [2.75, 3.05) is 24.7 Å². The van der Waals surface area contributed by atoms with Crippen LogP contribution in [0.5, 0.6) is 0 Å². The number of rotatable bonds is 18. The van der Waals surface area contributed by atoms with Gasteiger partial charge >= 0.3 is 0 Å². The summed E-state index contributed by atoms with van der Waals surface area (Å²) >= 11 is 3.47. The highest BCUT2D eigenvalue weighted by atomic mass is 32.2. The maximum absolute atomic E-state index is 6.24. The first-order valence-corrected chi connectivity index (χ1v) is 16.7. The minimum absolute atomic E-state index is 0.221. The lowest BCUT2D eigenvalue weighted by Gasteiger charge is -2.29. The van der Waals surface area contributed by atoms with Crippen LogP contribution in [0.2, 0.25) is 0 Å². The van der Waals surface area contributed by atoms with Crippen molar-refractivity contribution in [1.82, 2.24) is 0 Å². The van der Waals surface area contributed by atoms with E-state index in [9.17, 15) is 0 Å². The number of azo groups is 3. The summed E-state index contributed by atoms with van der Waals surface area (Å²) in [6, 6.07) is 0. The molecule has 0 aliphatic rings. The van der Waals surface area contributed by atoms with Crippen LogP contribution < -0.4 is 0 Å². The molecule has 2 atom stereocenters. The first kappa shape index (κ1) is 39.4. The second-order valence-corrected chi connectivity index (χ2v) is 18.2. The molecule has 0 N–H and O–H groups in total. The highest BCUT2D eigenvalue weighted by Gasteiger charge is 2.29. The molecular weight excluding hydrogens is 541 g/mol. The molecule has 0 fully saturated rings. The Labute approximate surface area is 255 Å². The molecule has 40 heavy (non-hydrogen) atoms. The highest BCUT2D eigenvalue weighted by Crippen LogP contribution is 2.33. The molecule has 0 amide bonds. The average Bonchev–Trinajstić information content (AvgIpc) is 2.74. The molecule has 0 heterocycles. The third-order valence-electron chi connectivity index (χ3n) is 5.13. The molecule has 0 saturated carbocycles. The second-order valence-electron chi connectivity index (χ2n) is 14.8. The van der Waals surface area contributed by atoms with E-state index in [4.69, 9.17) is 19.7 Å². The Hall–Kier alpha value is -0.580. The summed E-state index contributed by atoms with van der Waals surface area (Å²) in [6.07, 6.45) is 1.65. The van der Waals surface area contributed by atoms with Gasteiger partial charge in [-0.05, 0) is 94.9 Å². The first-order valence-electron chi connectivity index (χ1n) is 14.7. The maximum Gasteiger partial charge on any atom is 0.176 e. The molecule has 0 spiro atoms. The van der Waals surface area contributed by atoms with Crippen molar-refractivity contribution in [3.63, 3.8) is 0 Å². The lowest BCUT2D eigenvalue weighted by atomic mass is 10.0. The van der Waals surface area contributed by atoms with Gasteiger partial charge in [-0.2, -0.15) is 30.7 Å². The number of nitrogens with zero attached hydrogens (tertiary/aromatic N) is 6. The average molecular weight is 603 g/mol. The Kier molecular flexibility index (Phi) is 16.1. The fourth-order valence-electron chi connectivity index (χ4n) is 3.69. The van der Waals surface area contributed by atoms with Gasteiger partial charge in [0.1, 0.15) is 9.74 Å². The minimum atomic E-state index is -0.617. The van der Waals surface area contributed by atoms with Gasteiger partial charge in [-0.15, -0.1) is 23.5 Å². The summed E-state index contributed by atoms with van der Waals surface area (Å²) in [5.74, 6) is 2.51. The number of hydrogen-bond acceptors (Lipinski definition) is 10. The zero-order chi connectivity index (χ0) is 31.5. The van der Waals surface area contributed by atoms with Crippen LogP contribution in [-0.4, -0.2) is 57.0 Å². The summed E-state index contributed by atoms with van der Waals surface area (Å²) in [7, 11) is 0. The van der Waals surface area contributed by atoms with E-state index in [1.165, 1.54) is 0 Å². The molecule has 2 unspecified atom stereocenters. The Balaban J connectivity index is 4.90. The van der Waals surface area contributed by atoms with Crippen LogP contribution in [0.1, 0.15) is 124 Å². The van der Waals surface area contributed by atoms with Crippen LogP contribution in [-0.2, 0) is 9.47 Å². The first-order chi connectivity index (χ1) is 17.9. The van der Waals surface area contributed by atoms with Gasteiger partial charge in [0.2, 0.25) is 0 Å². The zero-order valence-electron chi connectivity index (χ0n) is 28.7. The van der Waals surface area contributed by atoms with Crippen molar-refractivity contribution in [1.29, 1.82) is 0 Å². The Morgan fingerprint density at radius 3 is 1.02 bits per heavy atom. The van der Waals surface area contributed by atoms with Crippen molar-refractivity contribution < 1.29 is 9.47 Å². The lowest BCUT2D eigenvalue weighted by Crippen LogP contribution is -2.30. The summed E-state index contributed by atoms with van der Waals surface area (Å²) in [5, 5.41) is 27.5. The van der Waals surface area contributed by atoms with Gasteiger partial charge in [-0.25, -0.2) is 0 Å². The molecule has 0 rings (SSSR count). The highest BCUT2D eigenvalue weighted by molar-refractivity contribution is 8.00. The monoisotopic (exact) mass is 602 g/mol. The van der Waals surface area contributed by atoms with E-state index in [-0.39, 0.29) is 20.8 Å². The summed E-state index contributed by atoms with van der Waals surface area (Å²) in [5.41, 5.74) is -1.68. The second kappa shape index (κ2) is 16.3. The van der Waals surface area contributed by atoms with Crippen LogP contribution >= 0.6 is 23.5 Å². The van der Waals surface area contributed by atoms with Crippen LogP contribution in [0.4, 0.5) is 0 Å². The van der Waals surface area contributed by atoms with Crippen LogP contribution in [0.25, 0.3) is 0 Å². The van der Waals surface area contributed by atoms with Crippen LogP contribution in [0.15, 0.2) is 30.7 Å². The molecular formula is C30H62N6O2S2. The van der Waals surface area contributed by atoms with E-state index in [0.29, 0.717) is 25.0 Å². The van der Waals surface area contributed by atoms with E-state index in [1.807, 2.05) is 55.4 Å². The summed E-state index contributed by atoms with van der Waals surface area (Å²) in [6.45, 7) is 34.6. The molecule has 0 bridgehead atoms. The van der Waals surface area contributed by atoms with E-state index in [2.05, 4.69) is 75.8 Å². The molecule has 8 nitrogen and oxygen atoms in total. The van der Waals surface area contributed by atoms with Gasteiger partial charge in [-0.3, -0.25) is 0 Å². The van der Waals surface area contributed by atoms with Gasteiger partial charge in [0.15, 0.2) is 11.4 Å². The lowest BCUT2D eigenvalue weighted by molar-refractivity contribution is -0.0383. The minimum Gasteiger partial charge on any atom is -0.351 e. The topological polar surface area (TPSA) is 92.6 Å². The number of hydrogen-bond donors (Lipinski definition) is 0. The maximum atomic E-state index is 6.24. The Morgan fingerprint density at radius 2 is 0.775 bits per heavy atom. The van der Waals surface area contributed by atoms with Crippen molar-refractivity contribution in [3.05, 3.63) is 0 Å². The predicted molar refractivity (Wildman–Crippen MR) is 175 cm³/mol. The van der Waals surface area contributed by atoms with Crippen molar-refractivity contribution in [2.24, 2.45) is 42.5 Å². The quantitative estimate of drug-likeness (QED) is 0.115. The Morgan fingerprint density at radius 1 is 0.475 bits per heavy atom. The van der Waals surface area contributed by atoms with E-state index in [1.54, 1.807) is 23.5 Å². The van der Waals surface area contributed by atoms with Gasteiger partial charge < -0.3 is 9.47 Å². The largest absolute Gasteiger partial charge is 0.351 e. The molecule has 0 radical (unpaired) electrons. The Bertz CT molecular complexity index is 750. The van der Waals surface area contributed by atoms with Gasteiger partial charge in [0.25, 0.3) is 0 Å². The van der Waals surface area contributed by atoms with Crippen LogP contribution in [0, 0.1) is 11.8 Å². The molecule has 0 aliphatic carbocycles. The number of thioether (sulfide) groups is 2. The van der Waals surface area contributed by atoms with Gasteiger partial charge in [-0.1, -0.05) is 27.7 Å². The molecule has 10 heteroatoms. The number of ether oxygens (including phenoxy) is 2. The molecule has 0 aliphatic heterocycles. The van der Waals surface area contributed by atoms with Gasteiger partial charge in [0.05, 0.1) is 24.3 Å². The SMILES string of the molecule is CC(C)CC(C)(N=NC(C)(C)C)OCCSC(C)(C)/N=N/C(C)(C)SCCOC(C)(CC(C)C)N=NC(C)(C)C. The normalized spacial score (nSPS) is 17.6. The van der Waals surface area contributed by atoms with E-state index in [0.717, 1.165) is 24.3 Å². The molecule has 0 aromatic carbocycles. The van der Waals surface area contributed by atoms with Crippen LogP contribution in [0.3, 0.4) is 0 Å². The molecule has 0 aromatic rings.